The van der Waals surface area contributed by atoms with Crippen LogP contribution in [0.1, 0.15) is 5.56 Å². The Morgan fingerprint density at radius 1 is 1.00 bits per heavy atom. The Hall–Kier alpha value is -2.40. The maximum absolute atomic E-state index is 12.7. The van der Waals surface area contributed by atoms with Crippen molar-refractivity contribution in [1.82, 2.24) is 4.98 Å². The molecule has 3 rings (SSSR count). The minimum atomic E-state index is -3.59. The van der Waals surface area contributed by atoms with Gasteiger partial charge in [0.05, 0.1) is 22.4 Å². The van der Waals surface area contributed by atoms with Crippen molar-refractivity contribution >= 4 is 20.7 Å². The van der Waals surface area contributed by atoms with Gasteiger partial charge in [-0.3, -0.25) is 4.98 Å². The highest BCUT2D eigenvalue weighted by Gasteiger charge is 2.19. The lowest BCUT2D eigenvalue weighted by Gasteiger charge is -2.08. The van der Waals surface area contributed by atoms with E-state index in [0.29, 0.717) is 16.7 Å². The summed E-state index contributed by atoms with van der Waals surface area (Å²) in [4.78, 5) is 4.66. The summed E-state index contributed by atoms with van der Waals surface area (Å²) in [6, 6.07) is 13.8. The molecule has 0 aliphatic carbocycles. The fourth-order valence-corrected chi connectivity index (χ4v) is 3.51. The van der Waals surface area contributed by atoms with Gasteiger partial charge in [-0.2, -0.15) is 0 Å². The third-order valence-corrected chi connectivity index (χ3v) is 5.26. The number of aromatic nitrogens is 1. The number of nitrogens with zero attached hydrogens (tertiary/aromatic N) is 1. The minimum absolute atomic E-state index is 0.161. The summed E-state index contributed by atoms with van der Waals surface area (Å²) in [6.07, 6.45) is 1.39. The first-order chi connectivity index (χ1) is 10.5. The Labute approximate surface area is 129 Å². The number of fused-ring (bicyclic) bond motifs is 1. The van der Waals surface area contributed by atoms with Gasteiger partial charge in [-0.15, -0.1) is 0 Å². The molecule has 0 spiro atoms. The maximum atomic E-state index is 12.7. The normalized spacial score (nSPS) is 11.5. The molecule has 0 aliphatic rings. The maximum Gasteiger partial charge on any atom is 0.208 e. The SMILES string of the molecule is COc1cccc2ncc(S(=O)(=O)c3ccc(C)cc3)cc12. The monoisotopic (exact) mass is 313 g/mol. The Morgan fingerprint density at radius 2 is 1.73 bits per heavy atom. The van der Waals surface area contributed by atoms with Crippen molar-refractivity contribution in [1.29, 1.82) is 0 Å². The Kier molecular flexibility index (Phi) is 3.58. The van der Waals surface area contributed by atoms with Crippen LogP contribution < -0.4 is 4.74 Å². The number of benzene rings is 2. The first-order valence-electron chi connectivity index (χ1n) is 6.77. The molecular formula is C17H15NO3S. The Morgan fingerprint density at radius 3 is 2.41 bits per heavy atom. The van der Waals surface area contributed by atoms with E-state index in [4.69, 9.17) is 4.74 Å². The lowest BCUT2D eigenvalue weighted by atomic mass is 10.2. The molecule has 0 atom stereocenters. The lowest BCUT2D eigenvalue weighted by molar-refractivity contribution is 0.419. The second kappa shape index (κ2) is 5.42. The van der Waals surface area contributed by atoms with Crippen molar-refractivity contribution in [2.45, 2.75) is 16.7 Å². The van der Waals surface area contributed by atoms with E-state index in [9.17, 15) is 8.42 Å². The number of hydrogen-bond donors (Lipinski definition) is 0. The van der Waals surface area contributed by atoms with Crippen molar-refractivity contribution in [3.05, 3.63) is 60.3 Å². The van der Waals surface area contributed by atoms with E-state index >= 15 is 0 Å². The number of aryl methyl sites for hydroxylation is 1. The fourth-order valence-electron chi connectivity index (χ4n) is 2.28. The van der Waals surface area contributed by atoms with Gasteiger partial charge in [-0.1, -0.05) is 23.8 Å². The highest BCUT2D eigenvalue weighted by molar-refractivity contribution is 7.91. The van der Waals surface area contributed by atoms with Crippen LogP contribution >= 0.6 is 0 Å². The van der Waals surface area contributed by atoms with Gasteiger partial charge in [0.2, 0.25) is 9.84 Å². The first-order valence-corrected chi connectivity index (χ1v) is 8.25. The fraction of sp³-hybridized carbons (Fsp3) is 0.118. The molecule has 112 valence electrons. The number of rotatable bonds is 3. The molecule has 0 fully saturated rings. The zero-order valence-electron chi connectivity index (χ0n) is 12.3. The highest BCUT2D eigenvalue weighted by Crippen LogP contribution is 2.28. The van der Waals surface area contributed by atoms with E-state index in [1.54, 1.807) is 43.5 Å². The molecule has 4 nitrogen and oxygen atoms in total. The molecule has 0 N–H and O–H groups in total. The van der Waals surface area contributed by atoms with Gasteiger partial charge in [-0.05, 0) is 37.3 Å². The second-order valence-electron chi connectivity index (χ2n) is 5.01. The molecule has 0 radical (unpaired) electrons. The highest BCUT2D eigenvalue weighted by atomic mass is 32.2. The van der Waals surface area contributed by atoms with Crippen LogP contribution in [0.25, 0.3) is 10.9 Å². The second-order valence-corrected chi connectivity index (χ2v) is 6.96. The predicted molar refractivity (Wildman–Crippen MR) is 84.9 cm³/mol. The summed E-state index contributed by atoms with van der Waals surface area (Å²) >= 11 is 0. The van der Waals surface area contributed by atoms with Crippen molar-refractivity contribution in [3.8, 4) is 5.75 Å². The number of pyridine rings is 1. The van der Waals surface area contributed by atoms with Crippen LogP contribution in [0.3, 0.4) is 0 Å². The van der Waals surface area contributed by atoms with Gasteiger partial charge >= 0.3 is 0 Å². The lowest BCUT2D eigenvalue weighted by Crippen LogP contribution is -2.03. The average Bonchev–Trinajstić information content (AvgIpc) is 2.54. The molecule has 0 bridgehead atoms. The molecule has 0 aliphatic heterocycles. The van der Waals surface area contributed by atoms with Gasteiger partial charge in [-0.25, -0.2) is 8.42 Å². The van der Waals surface area contributed by atoms with E-state index < -0.39 is 9.84 Å². The van der Waals surface area contributed by atoms with E-state index in [-0.39, 0.29) is 9.79 Å². The molecule has 1 heterocycles. The van der Waals surface area contributed by atoms with Crippen LogP contribution in [-0.4, -0.2) is 20.5 Å². The molecule has 2 aromatic carbocycles. The summed E-state index contributed by atoms with van der Waals surface area (Å²) in [5, 5.41) is 0.679. The Bertz CT molecular complexity index is 932. The van der Waals surface area contributed by atoms with Crippen LogP contribution in [0.15, 0.2) is 64.5 Å². The molecule has 0 amide bonds. The predicted octanol–water partition coefficient (Wildman–Crippen LogP) is 3.38. The van der Waals surface area contributed by atoms with Gasteiger partial charge in [0.1, 0.15) is 5.75 Å². The average molecular weight is 313 g/mol. The van der Waals surface area contributed by atoms with Crippen LogP contribution in [-0.2, 0) is 9.84 Å². The molecule has 0 saturated heterocycles. The van der Waals surface area contributed by atoms with Crippen LogP contribution in [0.2, 0.25) is 0 Å². The van der Waals surface area contributed by atoms with E-state index in [2.05, 4.69) is 4.98 Å². The third kappa shape index (κ3) is 2.44. The summed E-state index contributed by atoms with van der Waals surface area (Å²) in [5.41, 5.74) is 1.71. The van der Waals surface area contributed by atoms with Crippen molar-refractivity contribution < 1.29 is 13.2 Å². The third-order valence-electron chi connectivity index (χ3n) is 3.52. The molecular weight excluding hydrogens is 298 g/mol. The summed E-state index contributed by atoms with van der Waals surface area (Å²) in [5.74, 6) is 0.603. The zero-order valence-corrected chi connectivity index (χ0v) is 13.1. The van der Waals surface area contributed by atoms with Gasteiger partial charge in [0, 0.05) is 11.6 Å². The molecule has 3 aromatic rings. The number of methoxy groups -OCH3 is 1. The van der Waals surface area contributed by atoms with Gasteiger partial charge < -0.3 is 4.74 Å². The number of ether oxygens (including phenoxy) is 1. The van der Waals surface area contributed by atoms with E-state index in [0.717, 1.165) is 5.56 Å². The molecule has 5 heteroatoms. The molecule has 22 heavy (non-hydrogen) atoms. The number of sulfone groups is 1. The van der Waals surface area contributed by atoms with Crippen molar-refractivity contribution in [3.63, 3.8) is 0 Å². The van der Waals surface area contributed by atoms with E-state index in [1.807, 2.05) is 19.1 Å². The first kappa shape index (κ1) is 14.5. The summed E-state index contributed by atoms with van der Waals surface area (Å²) in [6.45, 7) is 1.92. The van der Waals surface area contributed by atoms with Crippen LogP contribution in [0.4, 0.5) is 0 Å². The van der Waals surface area contributed by atoms with Crippen LogP contribution in [0, 0.1) is 6.92 Å². The molecule has 0 saturated carbocycles. The zero-order chi connectivity index (χ0) is 15.7. The standard InChI is InChI=1S/C17H15NO3S/c1-12-6-8-13(9-7-12)22(19,20)14-10-15-16(18-11-14)4-3-5-17(15)21-2/h3-11H,1-2H3. The quantitative estimate of drug-likeness (QED) is 0.744. The Balaban J connectivity index is 2.19. The molecule has 0 unspecified atom stereocenters. The summed E-state index contributed by atoms with van der Waals surface area (Å²) < 4.78 is 30.7. The summed E-state index contributed by atoms with van der Waals surface area (Å²) in [7, 11) is -2.04. The minimum Gasteiger partial charge on any atom is -0.496 e. The topological polar surface area (TPSA) is 56.3 Å². The van der Waals surface area contributed by atoms with Crippen LogP contribution in [0.5, 0.6) is 5.75 Å². The van der Waals surface area contributed by atoms with Gasteiger partial charge in [0.25, 0.3) is 0 Å². The molecule has 1 aromatic heterocycles. The largest absolute Gasteiger partial charge is 0.496 e. The smallest absolute Gasteiger partial charge is 0.208 e. The number of hydrogen-bond acceptors (Lipinski definition) is 4. The van der Waals surface area contributed by atoms with Gasteiger partial charge in [0.15, 0.2) is 0 Å². The van der Waals surface area contributed by atoms with E-state index in [1.165, 1.54) is 6.20 Å². The van der Waals surface area contributed by atoms with Crippen molar-refractivity contribution in [2.75, 3.05) is 7.11 Å². The van der Waals surface area contributed by atoms with Crippen molar-refractivity contribution in [2.24, 2.45) is 0 Å².